The zero-order chi connectivity index (χ0) is 20.4. The van der Waals surface area contributed by atoms with Crippen LogP contribution >= 0.6 is 11.6 Å². The summed E-state index contributed by atoms with van der Waals surface area (Å²) in [6, 6.07) is 6.08. The minimum Gasteiger partial charge on any atom is -0.426 e. The highest BCUT2D eigenvalue weighted by Crippen LogP contribution is 2.36. The third-order valence-electron chi connectivity index (χ3n) is 4.07. The van der Waals surface area contributed by atoms with Gasteiger partial charge in [-0.1, -0.05) is 11.6 Å². The number of benzene rings is 1. The fourth-order valence-corrected chi connectivity index (χ4v) is 2.79. The van der Waals surface area contributed by atoms with Gasteiger partial charge >= 0.3 is 18.4 Å². The van der Waals surface area contributed by atoms with Crippen molar-refractivity contribution in [3.63, 3.8) is 0 Å². The SMILES string of the molecule is O=C(c1ccc(Cl)cc1)C1CCN(C(=O)OC(C(F)(F)F)C(F)(F)F)CC1. The van der Waals surface area contributed by atoms with E-state index in [1.807, 2.05) is 0 Å². The molecule has 1 aromatic rings. The van der Waals surface area contributed by atoms with Crippen LogP contribution in [0.4, 0.5) is 31.1 Å². The molecule has 4 nitrogen and oxygen atoms in total. The summed E-state index contributed by atoms with van der Waals surface area (Å²) in [7, 11) is 0. The fraction of sp³-hybridized carbons (Fsp3) is 0.500. The summed E-state index contributed by atoms with van der Waals surface area (Å²) in [5, 5.41) is 0.438. The first-order valence-corrected chi connectivity index (χ1v) is 8.16. The summed E-state index contributed by atoms with van der Waals surface area (Å²) >= 11 is 5.73. The molecule has 0 aromatic heterocycles. The van der Waals surface area contributed by atoms with Crippen LogP contribution in [0, 0.1) is 5.92 Å². The Morgan fingerprint density at radius 3 is 1.93 bits per heavy atom. The Balaban J connectivity index is 1.95. The number of likely N-dealkylation sites (tertiary alicyclic amines) is 1. The maximum absolute atomic E-state index is 12.5. The highest BCUT2D eigenvalue weighted by atomic mass is 35.5. The molecule has 0 radical (unpaired) electrons. The van der Waals surface area contributed by atoms with Gasteiger partial charge < -0.3 is 9.64 Å². The number of rotatable bonds is 3. The molecule has 0 spiro atoms. The second kappa shape index (κ2) is 7.95. The van der Waals surface area contributed by atoms with Crippen molar-refractivity contribution in [3.8, 4) is 0 Å². The molecule has 0 N–H and O–H groups in total. The number of carbonyl (C=O) groups is 2. The number of ether oxygens (including phenoxy) is 1. The molecule has 27 heavy (non-hydrogen) atoms. The van der Waals surface area contributed by atoms with Gasteiger partial charge in [0.2, 0.25) is 0 Å². The van der Waals surface area contributed by atoms with E-state index in [4.69, 9.17) is 11.6 Å². The van der Waals surface area contributed by atoms with Gasteiger partial charge in [0, 0.05) is 29.6 Å². The van der Waals surface area contributed by atoms with E-state index in [2.05, 4.69) is 4.74 Å². The highest BCUT2D eigenvalue weighted by Gasteiger charge is 2.60. The lowest BCUT2D eigenvalue weighted by Crippen LogP contribution is -2.49. The predicted octanol–water partition coefficient (Wildman–Crippen LogP) is 4.86. The van der Waals surface area contributed by atoms with E-state index in [1.165, 1.54) is 24.3 Å². The molecule has 0 bridgehead atoms. The Labute approximate surface area is 155 Å². The van der Waals surface area contributed by atoms with Crippen molar-refractivity contribution < 1.29 is 40.7 Å². The van der Waals surface area contributed by atoms with Crippen molar-refractivity contribution in [2.24, 2.45) is 5.92 Å². The second-order valence-electron chi connectivity index (χ2n) is 5.98. The standard InChI is InChI=1S/C16H14ClF6NO3/c17-11-3-1-9(2-4-11)12(25)10-5-7-24(8-6-10)14(26)27-13(15(18,19)20)16(21,22)23/h1-4,10,13H,5-8H2. The molecule has 1 fully saturated rings. The van der Waals surface area contributed by atoms with Gasteiger partial charge in [0.05, 0.1) is 0 Å². The van der Waals surface area contributed by atoms with Crippen molar-refractivity contribution >= 4 is 23.5 Å². The van der Waals surface area contributed by atoms with Gasteiger partial charge in [-0.05, 0) is 37.1 Å². The average Bonchev–Trinajstić information content (AvgIpc) is 2.57. The Kier molecular flexibility index (Phi) is 6.28. The van der Waals surface area contributed by atoms with Crippen LogP contribution in [0.2, 0.25) is 5.02 Å². The summed E-state index contributed by atoms with van der Waals surface area (Å²) in [5.41, 5.74) is 0.384. The summed E-state index contributed by atoms with van der Waals surface area (Å²) in [6.07, 6.45) is -17.2. The first-order valence-electron chi connectivity index (χ1n) is 7.78. The van der Waals surface area contributed by atoms with Gasteiger partial charge in [-0.2, -0.15) is 26.3 Å². The van der Waals surface area contributed by atoms with E-state index in [0.717, 1.165) is 4.90 Å². The van der Waals surface area contributed by atoms with Crippen LogP contribution in [-0.2, 0) is 4.74 Å². The topological polar surface area (TPSA) is 46.6 Å². The minimum atomic E-state index is -5.77. The normalized spacial score (nSPS) is 16.5. The molecule has 1 aromatic carbocycles. The molecule has 0 aliphatic carbocycles. The summed E-state index contributed by atoms with van der Waals surface area (Å²) in [6.45, 7) is -0.378. The Morgan fingerprint density at radius 2 is 1.48 bits per heavy atom. The largest absolute Gasteiger partial charge is 0.434 e. The minimum absolute atomic E-state index is 0.0965. The summed E-state index contributed by atoms with van der Waals surface area (Å²) in [4.78, 5) is 24.8. The third kappa shape index (κ3) is 5.50. The third-order valence-corrected chi connectivity index (χ3v) is 4.32. The van der Waals surface area contributed by atoms with Gasteiger partial charge in [0.1, 0.15) is 0 Å². The summed E-state index contributed by atoms with van der Waals surface area (Å²) < 4.78 is 78.4. The molecule has 150 valence electrons. The molecule has 11 heteroatoms. The molecule has 1 heterocycles. The quantitative estimate of drug-likeness (QED) is 0.521. The van der Waals surface area contributed by atoms with Gasteiger partial charge in [0.25, 0.3) is 6.10 Å². The van der Waals surface area contributed by atoms with Gasteiger partial charge in [-0.3, -0.25) is 4.79 Å². The second-order valence-corrected chi connectivity index (χ2v) is 6.42. The van der Waals surface area contributed by atoms with Crippen LogP contribution in [0.3, 0.4) is 0 Å². The molecule has 1 saturated heterocycles. The number of halogens is 7. The van der Waals surface area contributed by atoms with E-state index in [9.17, 15) is 35.9 Å². The number of amides is 1. The van der Waals surface area contributed by atoms with Crippen LogP contribution in [0.15, 0.2) is 24.3 Å². The van der Waals surface area contributed by atoms with Crippen LogP contribution in [0.1, 0.15) is 23.2 Å². The number of Topliss-reactive ketones (excluding diaryl/α,β-unsaturated/α-hetero) is 1. The number of ketones is 1. The van der Waals surface area contributed by atoms with Gasteiger partial charge in [-0.25, -0.2) is 4.79 Å². The molecule has 1 amide bonds. The number of nitrogens with zero attached hydrogens (tertiary/aromatic N) is 1. The average molecular weight is 418 g/mol. The van der Waals surface area contributed by atoms with Crippen molar-refractivity contribution in [1.82, 2.24) is 4.90 Å². The van der Waals surface area contributed by atoms with Crippen LogP contribution in [0.5, 0.6) is 0 Å². The lowest BCUT2D eigenvalue weighted by Gasteiger charge is -2.32. The molecule has 1 aliphatic heterocycles. The maximum Gasteiger partial charge on any atom is 0.434 e. The molecule has 0 saturated carbocycles. The van der Waals surface area contributed by atoms with E-state index in [0.29, 0.717) is 10.6 Å². The van der Waals surface area contributed by atoms with Crippen molar-refractivity contribution in [2.45, 2.75) is 31.3 Å². The molecular weight excluding hydrogens is 404 g/mol. The molecule has 0 atom stereocenters. The van der Waals surface area contributed by atoms with E-state index >= 15 is 0 Å². The van der Waals surface area contributed by atoms with Crippen LogP contribution in [-0.4, -0.2) is 48.3 Å². The van der Waals surface area contributed by atoms with Crippen LogP contribution in [0.25, 0.3) is 0 Å². The fourth-order valence-electron chi connectivity index (χ4n) is 2.67. The van der Waals surface area contributed by atoms with E-state index in [1.54, 1.807) is 0 Å². The first-order chi connectivity index (χ1) is 12.4. The first kappa shape index (κ1) is 21.3. The highest BCUT2D eigenvalue weighted by molar-refractivity contribution is 6.30. The monoisotopic (exact) mass is 417 g/mol. The van der Waals surface area contributed by atoms with Crippen LogP contribution < -0.4 is 0 Å². The number of hydrogen-bond acceptors (Lipinski definition) is 3. The van der Waals surface area contributed by atoms with Crippen molar-refractivity contribution in [2.75, 3.05) is 13.1 Å². The molecule has 0 unspecified atom stereocenters. The zero-order valence-electron chi connectivity index (χ0n) is 13.6. The Bertz CT molecular complexity index is 667. The summed E-state index contributed by atoms with van der Waals surface area (Å²) in [5.74, 6) is -0.737. The van der Waals surface area contributed by atoms with Crippen molar-refractivity contribution in [1.29, 1.82) is 0 Å². The molecule has 2 rings (SSSR count). The number of carbonyl (C=O) groups excluding carboxylic acids is 2. The lowest BCUT2D eigenvalue weighted by atomic mass is 9.89. The Hall–Kier alpha value is -1.97. The van der Waals surface area contributed by atoms with E-state index in [-0.39, 0.29) is 31.7 Å². The van der Waals surface area contributed by atoms with E-state index < -0.39 is 30.5 Å². The smallest absolute Gasteiger partial charge is 0.426 e. The zero-order valence-corrected chi connectivity index (χ0v) is 14.4. The maximum atomic E-state index is 12.5. The number of hydrogen-bond donors (Lipinski definition) is 0. The predicted molar refractivity (Wildman–Crippen MR) is 82.5 cm³/mol. The number of alkyl halides is 6. The Morgan fingerprint density at radius 1 is 1.00 bits per heavy atom. The number of piperidine rings is 1. The lowest BCUT2D eigenvalue weighted by molar-refractivity contribution is -0.308. The van der Waals surface area contributed by atoms with Crippen molar-refractivity contribution in [3.05, 3.63) is 34.9 Å². The van der Waals surface area contributed by atoms with Gasteiger partial charge in [0.15, 0.2) is 5.78 Å². The van der Waals surface area contributed by atoms with Gasteiger partial charge in [-0.15, -0.1) is 0 Å². The molecular formula is C16H14ClF6NO3. The molecule has 1 aliphatic rings.